The third kappa shape index (κ3) is 2.20. The number of hydrogen-bond acceptors (Lipinski definition) is 4. The van der Waals surface area contributed by atoms with Gasteiger partial charge in [-0.2, -0.15) is 0 Å². The third-order valence-electron chi connectivity index (χ3n) is 2.65. The average molecular weight is 247 g/mol. The van der Waals surface area contributed by atoms with E-state index in [9.17, 15) is 9.59 Å². The summed E-state index contributed by atoms with van der Waals surface area (Å²) in [5.74, 6) is 0.0337. The molecule has 0 aliphatic rings. The van der Waals surface area contributed by atoms with Crippen LogP contribution in [0.15, 0.2) is 35.3 Å². The highest BCUT2D eigenvalue weighted by atomic mass is 16.6. The number of methoxy groups -OCH3 is 1. The van der Waals surface area contributed by atoms with Crippen molar-refractivity contribution in [1.82, 2.24) is 4.57 Å². The summed E-state index contributed by atoms with van der Waals surface area (Å²) < 4.78 is 11.3. The van der Waals surface area contributed by atoms with Crippen molar-refractivity contribution in [3.63, 3.8) is 0 Å². The summed E-state index contributed by atoms with van der Waals surface area (Å²) in [5.41, 5.74) is -0.101. The van der Waals surface area contributed by atoms with Crippen LogP contribution in [-0.4, -0.2) is 24.3 Å². The zero-order valence-electron chi connectivity index (χ0n) is 10.2. The Balaban J connectivity index is 2.43. The van der Waals surface area contributed by atoms with Crippen LogP contribution in [0.25, 0.3) is 10.8 Å². The molecule has 0 N–H and O–H groups in total. The highest BCUT2D eigenvalue weighted by Crippen LogP contribution is 2.22. The number of benzene rings is 1. The van der Waals surface area contributed by atoms with E-state index in [0.717, 1.165) is 0 Å². The molecule has 0 atom stereocenters. The van der Waals surface area contributed by atoms with E-state index >= 15 is 0 Å². The van der Waals surface area contributed by atoms with Gasteiger partial charge in [0.1, 0.15) is 5.75 Å². The lowest BCUT2D eigenvalue weighted by atomic mass is 10.1. The van der Waals surface area contributed by atoms with Crippen LogP contribution in [0, 0.1) is 0 Å². The van der Waals surface area contributed by atoms with E-state index in [1.807, 2.05) is 0 Å². The van der Waals surface area contributed by atoms with Gasteiger partial charge in [0.2, 0.25) is 0 Å². The van der Waals surface area contributed by atoms with Crippen molar-refractivity contribution in [2.75, 3.05) is 13.7 Å². The Kier molecular flexibility index (Phi) is 3.32. The number of ether oxygens (including phenoxy) is 2. The van der Waals surface area contributed by atoms with E-state index in [1.165, 1.54) is 11.7 Å². The summed E-state index contributed by atoms with van der Waals surface area (Å²) in [7, 11) is 2.98. The van der Waals surface area contributed by atoms with E-state index in [2.05, 4.69) is 4.74 Å². The molecule has 0 aliphatic carbocycles. The third-order valence-corrected chi connectivity index (χ3v) is 2.65. The maximum atomic E-state index is 11.9. The number of carbonyl (C=O) groups excluding carboxylic acids is 1. The molecule has 0 spiro atoms. The molecule has 0 radical (unpaired) electrons. The van der Waals surface area contributed by atoms with Crippen molar-refractivity contribution in [1.29, 1.82) is 0 Å². The van der Waals surface area contributed by atoms with Crippen molar-refractivity contribution >= 4 is 16.7 Å². The lowest BCUT2D eigenvalue weighted by Crippen LogP contribution is -2.16. The number of nitrogens with zero attached hydrogens (tertiary/aromatic N) is 1. The SMILES string of the molecule is COC(=O)COc1cccc2c(=O)n(C)ccc12. The number of fused-ring (bicyclic) bond motifs is 1. The summed E-state index contributed by atoms with van der Waals surface area (Å²) >= 11 is 0. The van der Waals surface area contributed by atoms with Crippen LogP contribution < -0.4 is 10.3 Å². The van der Waals surface area contributed by atoms with Crippen LogP contribution in [0.4, 0.5) is 0 Å². The summed E-state index contributed by atoms with van der Waals surface area (Å²) in [6, 6.07) is 6.94. The highest BCUT2D eigenvalue weighted by Gasteiger charge is 2.08. The molecular formula is C13H13NO4. The predicted molar refractivity (Wildman–Crippen MR) is 66.7 cm³/mol. The van der Waals surface area contributed by atoms with Gasteiger partial charge in [-0.3, -0.25) is 4.79 Å². The Morgan fingerprint density at radius 2 is 2.06 bits per heavy atom. The molecule has 0 aliphatic heterocycles. The minimum absolute atomic E-state index is 0.101. The van der Waals surface area contributed by atoms with Gasteiger partial charge in [-0.05, 0) is 18.2 Å². The van der Waals surface area contributed by atoms with Crippen LogP contribution >= 0.6 is 0 Å². The van der Waals surface area contributed by atoms with E-state index in [1.54, 1.807) is 37.5 Å². The zero-order chi connectivity index (χ0) is 13.1. The van der Waals surface area contributed by atoms with Gasteiger partial charge in [-0.1, -0.05) is 6.07 Å². The number of rotatable bonds is 3. The minimum Gasteiger partial charge on any atom is -0.481 e. The molecule has 5 nitrogen and oxygen atoms in total. The van der Waals surface area contributed by atoms with Crippen molar-refractivity contribution in [3.05, 3.63) is 40.8 Å². The largest absolute Gasteiger partial charge is 0.481 e. The molecule has 0 bridgehead atoms. The molecular weight excluding hydrogens is 234 g/mol. The van der Waals surface area contributed by atoms with Crippen molar-refractivity contribution in [2.24, 2.45) is 7.05 Å². The van der Waals surface area contributed by atoms with Crippen LogP contribution in [0.2, 0.25) is 0 Å². The molecule has 2 aromatic rings. The molecule has 0 unspecified atom stereocenters. The Hall–Kier alpha value is -2.30. The maximum Gasteiger partial charge on any atom is 0.343 e. The molecule has 5 heteroatoms. The second-order valence-electron chi connectivity index (χ2n) is 3.81. The number of carbonyl (C=O) groups is 1. The summed E-state index contributed by atoms with van der Waals surface area (Å²) in [6.07, 6.45) is 1.66. The van der Waals surface area contributed by atoms with Gasteiger partial charge in [0.15, 0.2) is 6.61 Å². The van der Waals surface area contributed by atoms with E-state index < -0.39 is 5.97 Å². The molecule has 0 fully saturated rings. The Morgan fingerprint density at radius 3 is 2.78 bits per heavy atom. The minimum atomic E-state index is -0.462. The molecule has 18 heavy (non-hydrogen) atoms. The molecule has 2 rings (SSSR count). The molecule has 94 valence electrons. The van der Waals surface area contributed by atoms with Crippen molar-refractivity contribution < 1.29 is 14.3 Å². The van der Waals surface area contributed by atoms with Gasteiger partial charge in [0, 0.05) is 18.6 Å². The number of aromatic nitrogens is 1. The van der Waals surface area contributed by atoms with Gasteiger partial charge in [-0.15, -0.1) is 0 Å². The first kappa shape index (κ1) is 12.2. The Bertz CT molecular complexity index is 645. The summed E-state index contributed by atoms with van der Waals surface area (Å²) in [4.78, 5) is 22.9. The average Bonchev–Trinajstić information content (AvgIpc) is 2.40. The number of pyridine rings is 1. The Labute approximate surface area is 104 Å². The molecule has 0 saturated carbocycles. The lowest BCUT2D eigenvalue weighted by molar-refractivity contribution is -0.142. The Morgan fingerprint density at radius 1 is 1.28 bits per heavy atom. The first-order valence-corrected chi connectivity index (χ1v) is 5.41. The van der Waals surface area contributed by atoms with Crippen LogP contribution in [0.1, 0.15) is 0 Å². The fourth-order valence-corrected chi connectivity index (χ4v) is 1.67. The van der Waals surface area contributed by atoms with Gasteiger partial charge < -0.3 is 14.0 Å². The molecule has 1 heterocycles. The van der Waals surface area contributed by atoms with Gasteiger partial charge in [-0.25, -0.2) is 4.79 Å². The van der Waals surface area contributed by atoms with Crippen molar-refractivity contribution in [2.45, 2.75) is 0 Å². The first-order valence-electron chi connectivity index (χ1n) is 5.41. The van der Waals surface area contributed by atoms with Gasteiger partial charge >= 0.3 is 5.97 Å². The monoisotopic (exact) mass is 247 g/mol. The standard InChI is InChI=1S/C13H13NO4/c1-14-7-6-9-10(13(14)16)4-3-5-11(9)18-8-12(15)17-2/h3-7H,8H2,1-2H3. The smallest absolute Gasteiger partial charge is 0.343 e. The highest BCUT2D eigenvalue weighted by molar-refractivity contribution is 5.87. The normalized spacial score (nSPS) is 10.3. The lowest BCUT2D eigenvalue weighted by Gasteiger charge is -2.08. The predicted octanol–water partition coefficient (Wildman–Crippen LogP) is 1.09. The first-order chi connectivity index (χ1) is 8.63. The quantitative estimate of drug-likeness (QED) is 0.762. The van der Waals surface area contributed by atoms with Gasteiger partial charge in [0.25, 0.3) is 5.56 Å². The fraction of sp³-hybridized carbons (Fsp3) is 0.231. The van der Waals surface area contributed by atoms with Crippen LogP contribution in [0.3, 0.4) is 0 Å². The number of hydrogen-bond donors (Lipinski definition) is 0. The molecule has 1 aromatic carbocycles. The summed E-state index contributed by atoms with van der Waals surface area (Å²) in [5, 5.41) is 1.24. The fourth-order valence-electron chi connectivity index (χ4n) is 1.67. The van der Waals surface area contributed by atoms with Gasteiger partial charge in [0.05, 0.1) is 12.5 Å². The number of esters is 1. The molecule has 1 aromatic heterocycles. The van der Waals surface area contributed by atoms with Crippen LogP contribution in [-0.2, 0) is 16.6 Å². The van der Waals surface area contributed by atoms with E-state index in [4.69, 9.17) is 4.74 Å². The second-order valence-corrected chi connectivity index (χ2v) is 3.81. The molecule has 0 amide bonds. The van der Waals surface area contributed by atoms with E-state index in [-0.39, 0.29) is 12.2 Å². The zero-order valence-corrected chi connectivity index (χ0v) is 10.2. The van der Waals surface area contributed by atoms with Crippen molar-refractivity contribution in [3.8, 4) is 5.75 Å². The number of aryl methyl sites for hydroxylation is 1. The van der Waals surface area contributed by atoms with E-state index in [0.29, 0.717) is 16.5 Å². The van der Waals surface area contributed by atoms with Crippen LogP contribution in [0.5, 0.6) is 5.75 Å². The topological polar surface area (TPSA) is 57.5 Å². The second kappa shape index (κ2) is 4.91. The molecule has 0 saturated heterocycles. The summed E-state index contributed by atoms with van der Waals surface area (Å²) in [6.45, 7) is -0.176. The maximum absolute atomic E-state index is 11.9.